The lowest BCUT2D eigenvalue weighted by Crippen LogP contribution is -2.51. The van der Waals surface area contributed by atoms with Crippen molar-refractivity contribution in [3.05, 3.63) is 34.3 Å². The van der Waals surface area contributed by atoms with E-state index >= 15 is 0 Å². The Morgan fingerprint density at radius 2 is 1.80 bits per heavy atom. The van der Waals surface area contributed by atoms with Crippen LogP contribution in [0.5, 0.6) is 0 Å². The molecule has 0 bridgehead atoms. The van der Waals surface area contributed by atoms with E-state index in [0.29, 0.717) is 6.42 Å². The predicted octanol–water partition coefficient (Wildman–Crippen LogP) is 3.53. The lowest BCUT2D eigenvalue weighted by atomic mass is 9.60. The molecule has 1 saturated carbocycles. The molecule has 4 heteroatoms. The number of carbonyl (C=O) groups is 2. The molecule has 2 amide bonds. The van der Waals surface area contributed by atoms with Gasteiger partial charge in [-0.3, -0.25) is 14.9 Å². The normalized spacial score (nSPS) is 25.6. The minimum atomic E-state index is -0.212. The number of benzene rings is 1. The van der Waals surface area contributed by atoms with Crippen LogP contribution in [0, 0.1) is 5.41 Å². The zero-order chi connectivity index (χ0) is 14.2. The molecule has 1 aromatic carbocycles. The summed E-state index contributed by atoms with van der Waals surface area (Å²) in [7, 11) is 0. The molecule has 0 aromatic heterocycles. The molecule has 1 spiro atoms. The number of carbonyl (C=O) groups excluding carboxylic acids is 2. The second-order valence-electron chi connectivity index (χ2n) is 5.97. The summed E-state index contributed by atoms with van der Waals surface area (Å²) in [6.07, 6.45) is 5.85. The summed E-state index contributed by atoms with van der Waals surface area (Å²) in [6, 6.07) is 7.88. The Morgan fingerprint density at radius 1 is 1.10 bits per heavy atom. The highest BCUT2D eigenvalue weighted by Crippen LogP contribution is 2.52. The van der Waals surface area contributed by atoms with Crippen molar-refractivity contribution in [1.82, 2.24) is 5.32 Å². The molecule has 3 nitrogen and oxygen atoms in total. The Hall–Kier alpha value is -1.16. The molecule has 3 rings (SSSR count). The maximum atomic E-state index is 12.5. The van der Waals surface area contributed by atoms with Gasteiger partial charge in [-0.1, -0.05) is 53.4 Å². The molecule has 20 heavy (non-hydrogen) atoms. The lowest BCUT2D eigenvalue weighted by molar-refractivity contribution is -0.141. The van der Waals surface area contributed by atoms with E-state index in [4.69, 9.17) is 0 Å². The van der Waals surface area contributed by atoms with Crippen LogP contribution in [0.25, 0.3) is 0 Å². The first-order valence-corrected chi connectivity index (χ1v) is 8.00. The molecule has 1 unspecified atom stereocenters. The van der Waals surface area contributed by atoms with Gasteiger partial charge in [0.25, 0.3) is 0 Å². The van der Waals surface area contributed by atoms with Gasteiger partial charge in [0.05, 0.1) is 5.92 Å². The molecule has 1 aliphatic carbocycles. The highest BCUT2D eigenvalue weighted by Gasteiger charge is 2.49. The summed E-state index contributed by atoms with van der Waals surface area (Å²) in [5.74, 6) is -0.452. The zero-order valence-electron chi connectivity index (χ0n) is 11.3. The number of piperidine rings is 1. The first-order chi connectivity index (χ1) is 9.62. The highest BCUT2D eigenvalue weighted by molar-refractivity contribution is 9.10. The summed E-state index contributed by atoms with van der Waals surface area (Å²) in [4.78, 5) is 24.3. The van der Waals surface area contributed by atoms with Crippen LogP contribution in [0.4, 0.5) is 0 Å². The summed E-state index contributed by atoms with van der Waals surface area (Å²) >= 11 is 3.56. The molecule has 0 radical (unpaired) electrons. The molecule has 1 saturated heterocycles. The van der Waals surface area contributed by atoms with Crippen LogP contribution in [0.3, 0.4) is 0 Å². The molecular formula is C16H18BrNO2. The Morgan fingerprint density at radius 3 is 2.50 bits per heavy atom. The average molecular weight is 336 g/mol. The smallest absolute Gasteiger partial charge is 0.234 e. The van der Waals surface area contributed by atoms with Crippen molar-refractivity contribution in [2.24, 2.45) is 5.41 Å². The molecule has 1 aliphatic heterocycles. The molecule has 1 N–H and O–H groups in total. The van der Waals surface area contributed by atoms with E-state index in [0.717, 1.165) is 35.7 Å². The fraction of sp³-hybridized carbons (Fsp3) is 0.500. The van der Waals surface area contributed by atoms with Crippen molar-refractivity contribution >= 4 is 27.7 Å². The van der Waals surface area contributed by atoms with E-state index in [9.17, 15) is 9.59 Å². The second-order valence-corrected chi connectivity index (χ2v) is 6.82. The minimum absolute atomic E-state index is 0.111. The molecule has 1 atom stereocenters. The van der Waals surface area contributed by atoms with Gasteiger partial charge in [-0.05, 0) is 29.9 Å². The van der Waals surface area contributed by atoms with E-state index in [2.05, 4.69) is 21.2 Å². The van der Waals surface area contributed by atoms with Gasteiger partial charge in [0, 0.05) is 10.9 Å². The molecule has 106 valence electrons. The fourth-order valence-electron chi connectivity index (χ4n) is 3.86. The lowest BCUT2D eigenvalue weighted by Gasteiger charge is -2.45. The number of nitrogens with one attached hydrogen (secondary N) is 1. The minimum Gasteiger partial charge on any atom is -0.296 e. The largest absolute Gasteiger partial charge is 0.296 e. The van der Waals surface area contributed by atoms with Crippen molar-refractivity contribution in [3.63, 3.8) is 0 Å². The van der Waals surface area contributed by atoms with Gasteiger partial charge in [0.1, 0.15) is 0 Å². The molecule has 2 fully saturated rings. The van der Waals surface area contributed by atoms with Gasteiger partial charge >= 0.3 is 0 Å². The summed E-state index contributed by atoms with van der Waals surface area (Å²) < 4.78 is 0.958. The quantitative estimate of drug-likeness (QED) is 0.798. The molecule has 1 heterocycles. The number of hydrogen-bond acceptors (Lipinski definition) is 2. The maximum Gasteiger partial charge on any atom is 0.234 e. The average Bonchev–Trinajstić information content (AvgIpc) is 2.41. The maximum absolute atomic E-state index is 12.5. The van der Waals surface area contributed by atoms with Crippen LogP contribution in [0.2, 0.25) is 0 Å². The topological polar surface area (TPSA) is 46.2 Å². The summed E-state index contributed by atoms with van der Waals surface area (Å²) in [5, 5.41) is 2.53. The van der Waals surface area contributed by atoms with Crippen LogP contribution >= 0.6 is 15.9 Å². The third kappa shape index (κ3) is 2.30. The predicted molar refractivity (Wildman–Crippen MR) is 80.2 cm³/mol. The van der Waals surface area contributed by atoms with Gasteiger partial charge in [-0.15, -0.1) is 0 Å². The fourth-order valence-corrected chi connectivity index (χ4v) is 4.37. The number of imide groups is 1. The zero-order valence-corrected chi connectivity index (χ0v) is 12.9. The number of halogens is 1. The van der Waals surface area contributed by atoms with Gasteiger partial charge in [0.15, 0.2) is 0 Å². The number of hydrogen-bond donors (Lipinski definition) is 1. The van der Waals surface area contributed by atoms with E-state index in [1.54, 1.807) is 0 Å². The van der Waals surface area contributed by atoms with E-state index in [1.165, 1.54) is 6.42 Å². The van der Waals surface area contributed by atoms with Crippen LogP contribution in [0.1, 0.15) is 50.0 Å². The molecule has 2 aliphatic rings. The van der Waals surface area contributed by atoms with Gasteiger partial charge in [-0.2, -0.15) is 0 Å². The van der Waals surface area contributed by atoms with Gasteiger partial charge in [-0.25, -0.2) is 0 Å². The number of amides is 2. The SMILES string of the molecule is O=C1CC2(CCCCC2)C(c2ccccc2Br)C(=O)N1. The van der Waals surface area contributed by atoms with Crippen LogP contribution < -0.4 is 5.32 Å². The second kappa shape index (κ2) is 5.32. The van der Waals surface area contributed by atoms with E-state index < -0.39 is 0 Å². The summed E-state index contributed by atoms with van der Waals surface area (Å²) in [5.41, 5.74) is 0.834. The van der Waals surface area contributed by atoms with Crippen molar-refractivity contribution in [3.8, 4) is 0 Å². The van der Waals surface area contributed by atoms with E-state index in [-0.39, 0.29) is 23.1 Å². The summed E-state index contributed by atoms with van der Waals surface area (Å²) in [6.45, 7) is 0. The van der Waals surface area contributed by atoms with Crippen molar-refractivity contribution in [1.29, 1.82) is 0 Å². The third-order valence-electron chi connectivity index (χ3n) is 4.72. The van der Waals surface area contributed by atoms with Gasteiger partial charge in [0.2, 0.25) is 11.8 Å². The van der Waals surface area contributed by atoms with Crippen molar-refractivity contribution in [2.45, 2.75) is 44.4 Å². The van der Waals surface area contributed by atoms with Crippen LogP contribution in [0.15, 0.2) is 28.7 Å². The standard InChI is InChI=1S/C16H18BrNO2/c17-12-7-3-2-6-11(12)14-15(20)18-13(19)10-16(14)8-4-1-5-9-16/h2-3,6-7,14H,1,4-5,8-10H2,(H,18,19,20). The Labute approximate surface area is 127 Å². The Balaban J connectivity index is 2.06. The van der Waals surface area contributed by atoms with Crippen molar-refractivity contribution < 1.29 is 9.59 Å². The van der Waals surface area contributed by atoms with Gasteiger partial charge < -0.3 is 0 Å². The Kier molecular flexibility index (Phi) is 3.67. The van der Waals surface area contributed by atoms with Crippen LogP contribution in [-0.2, 0) is 9.59 Å². The Bertz CT molecular complexity index is 549. The third-order valence-corrected chi connectivity index (χ3v) is 5.44. The van der Waals surface area contributed by atoms with Crippen LogP contribution in [-0.4, -0.2) is 11.8 Å². The first kappa shape index (κ1) is 13.8. The monoisotopic (exact) mass is 335 g/mol. The molecule has 1 aromatic rings. The first-order valence-electron chi connectivity index (χ1n) is 7.20. The number of rotatable bonds is 1. The van der Waals surface area contributed by atoms with Crippen molar-refractivity contribution in [2.75, 3.05) is 0 Å². The highest BCUT2D eigenvalue weighted by atomic mass is 79.9. The molecular weight excluding hydrogens is 318 g/mol. The van der Waals surface area contributed by atoms with E-state index in [1.807, 2.05) is 24.3 Å².